The summed E-state index contributed by atoms with van der Waals surface area (Å²) in [6.07, 6.45) is 0. The van der Waals surface area contributed by atoms with Crippen molar-refractivity contribution < 1.29 is 14.3 Å². The third-order valence-electron chi connectivity index (χ3n) is 2.78. The molecule has 2 aromatic carbocycles. The lowest BCUT2D eigenvalue weighted by Gasteiger charge is -2.06. The highest BCUT2D eigenvalue weighted by atomic mass is 16.5. The number of hydrogen-bond acceptors (Lipinski definition) is 3. The summed E-state index contributed by atoms with van der Waals surface area (Å²) in [5, 5.41) is 0. The monoisotopic (exact) mass is 256 g/mol. The topological polar surface area (TPSA) is 35.5 Å². The molecule has 0 N–H and O–H groups in total. The number of ether oxygens (including phenoxy) is 2. The van der Waals surface area contributed by atoms with Crippen molar-refractivity contribution >= 4 is 5.97 Å². The van der Waals surface area contributed by atoms with Crippen LogP contribution >= 0.6 is 0 Å². The Morgan fingerprint density at radius 3 is 2.47 bits per heavy atom. The Bertz CT molecular complexity index is 558. The first-order valence-corrected chi connectivity index (χ1v) is 6.06. The van der Waals surface area contributed by atoms with E-state index in [0.29, 0.717) is 5.56 Å². The third-order valence-corrected chi connectivity index (χ3v) is 2.78. The quantitative estimate of drug-likeness (QED) is 0.787. The number of carbonyl (C=O) groups is 1. The fraction of sp³-hybridized carbons (Fsp3) is 0.188. The Hall–Kier alpha value is -2.29. The van der Waals surface area contributed by atoms with Gasteiger partial charge < -0.3 is 9.47 Å². The number of hydrogen-bond donors (Lipinski definition) is 0. The number of esters is 1. The average molecular weight is 256 g/mol. The molecule has 3 nitrogen and oxygen atoms in total. The molecule has 0 heterocycles. The lowest BCUT2D eigenvalue weighted by atomic mass is 10.1. The van der Waals surface area contributed by atoms with Gasteiger partial charge in [-0.05, 0) is 36.8 Å². The Kier molecular flexibility index (Phi) is 4.18. The molecule has 98 valence electrons. The zero-order chi connectivity index (χ0) is 13.7. The maximum Gasteiger partial charge on any atom is 0.338 e. The largest absolute Gasteiger partial charge is 0.497 e. The highest BCUT2D eigenvalue weighted by Gasteiger charge is 2.07. The summed E-state index contributed by atoms with van der Waals surface area (Å²) in [7, 11) is 1.62. The van der Waals surface area contributed by atoms with Crippen LogP contribution in [-0.4, -0.2) is 13.1 Å². The van der Waals surface area contributed by atoms with Gasteiger partial charge in [-0.15, -0.1) is 0 Å². The summed E-state index contributed by atoms with van der Waals surface area (Å²) in [4.78, 5) is 11.8. The van der Waals surface area contributed by atoms with Crippen molar-refractivity contribution in [3.05, 3.63) is 65.2 Å². The fourth-order valence-corrected chi connectivity index (χ4v) is 1.73. The van der Waals surface area contributed by atoms with Gasteiger partial charge in [-0.25, -0.2) is 4.79 Å². The second-order valence-corrected chi connectivity index (χ2v) is 4.29. The van der Waals surface area contributed by atoms with E-state index < -0.39 is 0 Å². The minimum absolute atomic E-state index is 0.261. The van der Waals surface area contributed by atoms with E-state index in [1.807, 2.05) is 49.4 Å². The molecule has 0 radical (unpaired) electrons. The standard InChI is InChI=1S/C16H16O3/c1-12-4-3-5-14(10-12)16(17)19-11-13-6-8-15(18-2)9-7-13/h3-10H,11H2,1-2H3. The van der Waals surface area contributed by atoms with Crippen molar-refractivity contribution in [1.82, 2.24) is 0 Å². The van der Waals surface area contributed by atoms with Crippen LogP contribution in [0.3, 0.4) is 0 Å². The van der Waals surface area contributed by atoms with Crippen LogP contribution in [0.25, 0.3) is 0 Å². The first kappa shape index (κ1) is 13.1. The Morgan fingerprint density at radius 1 is 1.11 bits per heavy atom. The molecule has 2 rings (SSSR count). The van der Waals surface area contributed by atoms with Crippen LogP contribution in [-0.2, 0) is 11.3 Å². The van der Waals surface area contributed by atoms with Crippen molar-refractivity contribution in [1.29, 1.82) is 0 Å². The summed E-state index contributed by atoms with van der Waals surface area (Å²) >= 11 is 0. The van der Waals surface area contributed by atoms with Gasteiger partial charge in [0.1, 0.15) is 12.4 Å². The highest BCUT2D eigenvalue weighted by Crippen LogP contribution is 2.13. The third kappa shape index (κ3) is 3.58. The lowest BCUT2D eigenvalue weighted by molar-refractivity contribution is 0.0472. The minimum atomic E-state index is -0.306. The average Bonchev–Trinajstić information content (AvgIpc) is 2.45. The SMILES string of the molecule is COc1ccc(COC(=O)c2cccc(C)c2)cc1. The summed E-state index contributed by atoms with van der Waals surface area (Å²) in [5.74, 6) is 0.480. The van der Waals surface area contributed by atoms with E-state index in [4.69, 9.17) is 9.47 Å². The molecule has 3 heteroatoms. The molecule has 0 aliphatic heterocycles. The molecule has 2 aromatic rings. The number of methoxy groups -OCH3 is 1. The van der Waals surface area contributed by atoms with E-state index in [1.54, 1.807) is 13.2 Å². The number of carbonyl (C=O) groups excluding carboxylic acids is 1. The second kappa shape index (κ2) is 6.05. The number of benzene rings is 2. The van der Waals surface area contributed by atoms with E-state index in [-0.39, 0.29) is 12.6 Å². The van der Waals surface area contributed by atoms with Crippen molar-refractivity contribution in [2.24, 2.45) is 0 Å². The van der Waals surface area contributed by atoms with Gasteiger partial charge in [-0.3, -0.25) is 0 Å². The van der Waals surface area contributed by atoms with Crippen LogP contribution in [0.2, 0.25) is 0 Å². The molecule has 19 heavy (non-hydrogen) atoms. The molecular formula is C16H16O3. The van der Waals surface area contributed by atoms with Crippen molar-refractivity contribution in [2.45, 2.75) is 13.5 Å². The molecule has 0 aromatic heterocycles. The van der Waals surface area contributed by atoms with Crippen LogP contribution in [0.5, 0.6) is 5.75 Å². The van der Waals surface area contributed by atoms with E-state index >= 15 is 0 Å². The maximum absolute atomic E-state index is 11.8. The molecular weight excluding hydrogens is 240 g/mol. The van der Waals surface area contributed by atoms with Gasteiger partial charge in [0.2, 0.25) is 0 Å². The van der Waals surface area contributed by atoms with Gasteiger partial charge in [-0.2, -0.15) is 0 Å². The zero-order valence-corrected chi connectivity index (χ0v) is 11.1. The van der Waals surface area contributed by atoms with Crippen molar-refractivity contribution in [2.75, 3.05) is 7.11 Å². The van der Waals surface area contributed by atoms with Gasteiger partial charge >= 0.3 is 5.97 Å². The van der Waals surface area contributed by atoms with Crippen LogP contribution < -0.4 is 4.74 Å². The van der Waals surface area contributed by atoms with E-state index in [9.17, 15) is 4.79 Å². The van der Waals surface area contributed by atoms with Crippen molar-refractivity contribution in [3.63, 3.8) is 0 Å². The van der Waals surface area contributed by atoms with Gasteiger partial charge in [0.05, 0.1) is 12.7 Å². The Balaban J connectivity index is 1.96. The summed E-state index contributed by atoms with van der Waals surface area (Å²) in [5.41, 5.74) is 2.55. The normalized spacial score (nSPS) is 10.0. The smallest absolute Gasteiger partial charge is 0.338 e. The Morgan fingerprint density at radius 2 is 1.84 bits per heavy atom. The van der Waals surface area contributed by atoms with Gasteiger partial charge in [0.25, 0.3) is 0 Å². The number of aryl methyl sites for hydroxylation is 1. The number of rotatable bonds is 4. The van der Waals surface area contributed by atoms with E-state index in [0.717, 1.165) is 16.9 Å². The zero-order valence-electron chi connectivity index (χ0n) is 11.1. The van der Waals surface area contributed by atoms with Crippen molar-refractivity contribution in [3.8, 4) is 5.75 Å². The molecule has 0 unspecified atom stereocenters. The molecule has 0 fully saturated rings. The predicted octanol–water partition coefficient (Wildman–Crippen LogP) is 3.36. The molecule has 0 atom stereocenters. The molecule has 0 saturated heterocycles. The maximum atomic E-state index is 11.8. The molecule has 0 bridgehead atoms. The molecule has 0 aliphatic rings. The van der Waals surface area contributed by atoms with E-state index in [1.165, 1.54) is 0 Å². The first-order valence-electron chi connectivity index (χ1n) is 6.06. The summed E-state index contributed by atoms with van der Waals surface area (Å²) in [6, 6.07) is 14.8. The van der Waals surface area contributed by atoms with Gasteiger partial charge in [0.15, 0.2) is 0 Å². The predicted molar refractivity (Wildman–Crippen MR) is 73.3 cm³/mol. The lowest BCUT2D eigenvalue weighted by Crippen LogP contribution is -2.05. The molecule has 0 aliphatic carbocycles. The minimum Gasteiger partial charge on any atom is -0.497 e. The van der Waals surface area contributed by atoms with Crippen LogP contribution in [0.1, 0.15) is 21.5 Å². The Labute approximate surface area is 112 Å². The summed E-state index contributed by atoms with van der Waals surface area (Å²) in [6.45, 7) is 2.21. The van der Waals surface area contributed by atoms with Crippen LogP contribution in [0.15, 0.2) is 48.5 Å². The molecule has 0 amide bonds. The van der Waals surface area contributed by atoms with Gasteiger partial charge in [0, 0.05) is 0 Å². The second-order valence-electron chi connectivity index (χ2n) is 4.29. The highest BCUT2D eigenvalue weighted by molar-refractivity contribution is 5.89. The van der Waals surface area contributed by atoms with Crippen LogP contribution in [0, 0.1) is 6.92 Å². The van der Waals surface area contributed by atoms with Gasteiger partial charge in [-0.1, -0.05) is 29.8 Å². The fourth-order valence-electron chi connectivity index (χ4n) is 1.73. The van der Waals surface area contributed by atoms with E-state index in [2.05, 4.69) is 0 Å². The first-order chi connectivity index (χ1) is 9.19. The molecule has 0 spiro atoms. The molecule has 0 saturated carbocycles. The summed E-state index contributed by atoms with van der Waals surface area (Å²) < 4.78 is 10.3. The van der Waals surface area contributed by atoms with Crippen LogP contribution in [0.4, 0.5) is 0 Å².